The first-order chi connectivity index (χ1) is 13.1. The van der Waals surface area contributed by atoms with Gasteiger partial charge in [-0.25, -0.2) is 23.7 Å². The van der Waals surface area contributed by atoms with E-state index in [-0.39, 0.29) is 27.9 Å². The Hall–Kier alpha value is -3.40. The lowest BCUT2D eigenvalue weighted by Gasteiger charge is -2.07. The van der Waals surface area contributed by atoms with Crippen molar-refractivity contribution < 1.29 is 4.39 Å². The van der Waals surface area contributed by atoms with Crippen molar-refractivity contribution in [3.8, 4) is 5.13 Å². The molecule has 0 saturated carbocycles. The van der Waals surface area contributed by atoms with Crippen LogP contribution in [0.4, 0.5) is 10.3 Å². The fourth-order valence-corrected chi connectivity index (χ4v) is 3.24. The zero-order chi connectivity index (χ0) is 18.8. The van der Waals surface area contributed by atoms with E-state index < -0.39 is 11.2 Å². The van der Waals surface area contributed by atoms with Crippen LogP contribution in [0.5, 0.6) is 0 Å². The smallest absolute Gasteiger partial charge is 0.336 e. The highest BCUT2D eigenvalue weighted by Crippen LogP contribution is 2.10. The van der Waals surface area contributed by atoms with Crippen LogP contribution in [0, 0.1) is 5.82 Å². The Kier molecular flexibility index (Phi) is 4.47. The van der Waals surface area contributed by atoms with E-state index in [2.05, 4.69) is 25.3 Å². The highest BCUT2D eigenvalue weighted by molar-refractivity contribution is 7.12. The summed E-state index contributed by atoms with van der Waals surface area (Å²) in [5.74, 6) is -0.0236. The average molecular weight is 384 g/mol. The number of hydrogen-bond donors (Lipinski definition) is 2. The van der Waals surface area contributed by atoms with E-state index in [0.717, 1.165) is 10.1 Å². The summed E-state index contributed by atoms with van der Waals surface area (Å²) in [6.07, 6.45) is 3.44. The van der Waals surface area contributed by atoms with E-state index in [1.165, 1.54) is 35.9 Å². The van der Waals surface area contributed by atoms with Crippen LogP contribution in [-0.2, 0) is 6.42 Å². The predicted molar refractivity (Wildman–Crippen MR) is 100 cm³/mol. The Morgan fingerprint density at radius 2 is 2.15 bits per heavy atom. The zero-order valence-electron chi connectivity index (χ0n) is 13.8. The fraction of sp³-hybridized carbons (Fsp3) is 0.118. The maximum atomic E-state index is 13.2. The minimum Gasteiger partial charge on any atom is -0.354 e. The first-order valence-corrected chi connectivity index (χ1v) is 8.90. The van der Waals surface area contributed by atoms with E-state index in [9.17, 15) is 14.0 Å². The number of nitrogens with one attached hydrogen (secondary N) is 2. The van der Waals surface area contributed by atoms with Gasteiger partial charge in [0.05, 0.1) is 0 Å². The van der Waals surface area contributed by atoms with Crippen molar-refractivity contribution in [1.82, 2.24) is 24.5 Å². The van der Waals surface area contributed by atoms with Gasteiger partial charge < -0.3 is 5.32 Å². The maximum absolute atomic E-state index is 13.2. The van der Waals surface area contributed by atoms with Crippen molar-refractivity contribution in [2.45, 2.75) is 6.42 Å². The lowest BCUT2D eigenvalue weighted by molar-refractivity contribution is 0.625. The molecule has 3 heterocycles. The number of anilines is 1. The van der Waals surface area contributed by atoms with Crippen LogP contribution in [0.1, 0.15) is 5.56 Å². The Labute approximate surface area is 155 Å². The predicted octanol–water partition coefficient (Wildman–Crippen LogP) is 1.72. The molecule has 4 aromatic rings. The number of aromatic nitrogens is 5. The van der Waals surface area contributed by atoms with Crippen LogP contribution in [0.3, 0.4) is 0 Å². The van der Waals surface area contributed by atoms with Crippen molar-refractivity contribution in [2.24, 2.45) is 0 Å². The number of nitrogens with zero attached hydrogens (tertiary/aromatic N) is 4. The van der Waals surface area contributed by atoms with Gasteiger partial charge in [0.1, 0.15) is 11.2 Å². The molecule has 27 heavy (non-hydrogen) atoms. The number of rotatable bonds is 5. The molecule has 136 valence electrons. The minimum absolute atomic E-state index is 0.140. The van der Waals surface area contributed by atoms with Gasteiger partial charge in [0.2, 0.25) is 11.1 Å². The molecule has 0 aliphatic carbocycles. The topological polar surface area (TPSA) is 106 Å². The molecule has 3 aromatic heterocycles. The normalized spacial score (nSPS) is 11.0. The van der Waals surface area contributed by atoms with E-state index >= 15 is 0 Å². The van der Waals surface area contributed by atoms with Crippen LogP contribution in [-0.4, -0.2) is 31.0 Å². The van der Waals surface area contributed by atoms with Crippen molar-refractivity contribution in [3.05, 3.63) is 74.3 Å². The second-order valence-electron chi connectivity index (χ2n) is 5.65. The Balaban J connectivity index is 1.58. The van der Waals surface area contributed by atoms with Crippen molar-refractivity contribution >= 4 is 28.3 Å². The Morgan fingerprint density at radius 1 is 1.26 bits per heavy atom. The highest BCUT2D eigenvalue weighted by Gasteiger charge is 2.13. The molecule has 0 aliphatic rings. The van der Waals surface area contributed by atoms with Crippen LogP contribution in [0.15, 0.2) is 51.6 Å². The van der Waals surface area contributed by atoms with E-state index in [1.54, 1.807) is 11.4 Å². The monoisotopic (exact) mass is 384 g/mol. The Bertz CT molecular complexity index is 1220. The van der Waals surface area contributed by atoms with Gasteiger partial charge in [-0.2, -0.15) is 4.98 Å². The zero-order valence-corrected chi connectivity index (χ0v) is 14.7. The number of benzene rings is 1. The van der Waals surface area contributed by atoms with E-state index in [4.69, 9.17) is 0 Å². The van der Waals surface area contributed by atoms with Crippen LogP contribution in [0.2, 0.25) is 0 Å². The van der Waals surface area contributed by atoms with Gasteiger partial charge in [0, 0.05) is 24.3 Å². The molecular weight excluding hydrogens is 371 g/mol. The number of halogens is 1. The molecule has 2 N–H and O–H groups in total. The third-order valence-corrected chi connectivity index (χ3v) is 4.60. The van der Waals surface area contributed by atoms with E-state index in [1.807, 2.05) is 6.07 Å². The van der Waals surface area contributed by atoms with Crippen molar-refractivity contribution in [1.29, 1.82) is 0 Å². The quantitative estimate of drug-likeness (QED) is 0.543. The molecular formula is C17H13FN6O2S. The number of fused-ring (bicyclic) bond motifs is 1. The van der Waals surface area contributed by atoms with Crippen LogP contribution >= 0.6 is 11.3 Å². The molecule has 0 aliphatic heterocycles. The van der Waals surface area contributed by atoms with Gasteiger partial charge in [-0.15, -0.1) is 11.3 Å². The molecule has 8 nitrogen and oxygen atoms in total. The number of aromatic amines is 1. The fourth-order valence-electron chi connectivity index (χ4n) is 2.60. The maximum Gasteiger partial charge on any atom is 0.336 e. The lowest BCUT2D eigenvalue weighted by atomic mass is 10.1. The van der Waals surface area contributed by atoms with Gasteiger partial charge >= 0.3 is 5.69 Å². The molecule has 0 bridgehead atoms. The SMILES string of the molecule is O=c1[nH]c2nc(NCCc3cccc(F)c3)ncc2c(=O)n1-c1nccs1. The summed E-state index contributed by atoms with van der Waals surface area (Å²) in [4.78, 5) is 39.7. The van der Waals surface area contributed by atoms with Gasteiger partial charge in [-0.1, -0.05) is 12.1 Å². The molecule has 0 saturated heterocycles. The van der Waals surface area contributed by atoms with E-state index in [0.29, 0.717) is 13.0 Å². The molecule has 0 unspecified atom stereocenters. The van der Waals surface area contributed by atoms with Gasteiger partial charge in [0.25, 0.3) is 5.56 Å². The van der Waals surface area contributed by atoms with Crippen LogP contribution < -0.4 is 16.6 Å². The van der Waals surface area contributed by atoms with Crippen LogP contribution in [0.25, 0.3) is 16.2 Å². The molecule has 1 aromatic carbocycles. The highest BCUT2D eigenvalue weighted by atomic mass is 32.1. The molecule has 4 rings (SSSR count). The molecule has 10 heteroatoms. The number of H-pyrrole nitrogens is 1. The first-order valence-electron chi connectivity index (χ1n) is 8.02. The molecule has 0 fully saturated rings. The number of thiazole rings is 1. The van der Waals surface area contributed by atoms with Crippen molar-refractivity contribution in [2.75, 3.05) is 11.9 Å². The lowest BCUT2D eigenvalue weighted by Crippen LogP contribution is -2.34. The second-order valence-corrected chi connectivity index (χ2v) is 6.52. The largest absolute Gasteiger partial charge is 0.354 e. The third-order valence-electron chi connectivity index (χ3n) is 3.85. The summed E-state index contributed by atoms with van der Waals surface area (Å²) in [6, 6.07) is 6.32. The standard InChI is InChI=1S/C17H13FN6O2S/c18-11-3-1-2-10(8-11)4-5-19-15-21-9-12-13(22-15)23-16(26)24(14(12)25)17-20-6-7-27-17/h1-3,6-9H,4-5H2,(H2,19,21,22,23,26). The molecule has 0 amide bonds. The summed E-state index contributed by atoms with van der Waals surface area (Å²) in [5, 5.41) is 5.13. The third kappa shape index (κ3) is 3.47. The number of hydrogen-bond acceptors (Lipinski definition) is 7. The summed E-state index contributed by atoms with van der Waals surface area (Å²) >= 11 is 1.18. The summed E-state index contributed by atoms with van der Waals surface area (Å²) in [6.45, 7) is 0.468. The second kappa shape index (κ2) is 7.08. The minimum atomic E-state index is -0.619. The average Bonchev–Trinajstić information content (AvgIpc) is 3.16. The summed E-state index contributed by atoms with van der Waals surface area (Å²) < 4.78 is 14.1. The van der Waals surface area contributed by atoms with Crippen molar-refractivity contribution in [3.63, 3.8) is 0 Å². The van der Waals surface area contributed by atoms with Gasteiger partial charge in [-0.3, -0.25) is 9.78 Å². The molecule has 0 spiro atoms. The summed E-state index contributed by atoms with van der Waals surface area (Å²) in [5.41, 5.74) is -0.175. The van der Waals surface area contributed by atoms with Gasteiger partial charge in [0.15, 0.2) is 5.65 Å². The molecule has 0 atom stereocenters. The molecule has 0 radical (unpaired) electrons. The van der Waals surface area contributed by atoms with Gasteiger partial charge in [-0.05, 0) is 24.1 Å². The first kappa shape index (κ1) is 17.0. The Morgan fingerprint density at radius 3 is 2.93 bits per heavy atom. The summed E-state index contributed by atoms with van der Waals surface area (Å²) in [7, 11) is 0.